The summed E-state index contributed by atoms with van der Waals surface area (Å²) in [5, 5.41) is 0. The molecule has 0 unspecified atom stereocenters. The topological polar surface area (TPSA) is 67.3 Å². The highest BCUT2D eigenvalue weighted by Gasteiger charge is 2.42. The largest absolute Gasteiger partial charge is 0.293 e. The molecule has 4 aromatic carbocycles. The number of halogens is 4. The summed E-state index contributed by atoms with van der Waals surface area (Å²) in [4.78, 5) is 45.7. The van der Waals surface area contributed by atoms with Crippen LogP contribution in [0.25, 0.3) is 21.3 Å². The number of nitrogens with zero attached hydrogens (tertiary/aromatic N) is 2. The number of thioether (sulfide) groups is 1. The van der Waals surface area contributed by atoms with Crippen molar-refractivity contribution in [1.29, 1.82) is 0 Å². The van der Waals surface area contributed by atoms with Crippen molar-refractivity contribution in [2.24, 2.45) is 0 Å². The maximum Gasteiger partial charge on any atom is 0.267 e. The molecule has 1 aliphatic heterocycles. The molecule has 5 aromatic rings. The fourth-order valence-corrected chi connectivity index (χ4v) is 9.66. The van der Waals surface area contributed by atoms with Crippen molar-refractivity contribution in [3.05, 3.63) is 106 Å². The van der Waals surface area contributed by atoms with E-state index in [9.17, 15) is 14.4 Å². The number of hydrogen-bond acceptors (Lipinski definition) is 6. The van der Waals surface area contributed by atoms with E-state index < -0.39 is 11.8 Å². The van der Waals surface area contributed by atoms with E-state index in [4.69, 9.17) is 0 Å². The molecule has 1 aromatic heterocycles. The predicted octanol–water partition coefficient (Wildman–Crippen LogP) is 9.69. The molecule has 7 rings (SSSR count). The van der Waals surface area contributed by atoms with E-state index in [1.54, 1.807) is 18.2 Å². The molecule has 2 aliphatic rings. The minimum atomic E-state index is -0.410. The summed E-state index contributed by atoms with van der Waals surface area (Å²) in [6, 6.07) is 19.6. The van der Waals surface area contributed by atoms with Gasteiger partial charge < -0.3 is 0 Å². The number of amides is 2. The molecule has 202 valence electrons. The predicted molar refractivity (Wildman–Crippen MR) is 178 cm³/mol. The SMILES string of the molecule is O=C(CSc1nc2ccc(N3C(=O)c4c(Br)c(Br)c(Br)c(Br)c4C3=O)cc2s1)c1ccc2c(c1)Cc1ccccc1-2. The van der Waals surface area contributed by atoms with Crippen LogP contribution < -0.4 is 4.90 Å². The van der Waals surface area contributed by atoms with Crippen LogP contribution in [0.4, 0.5) is 5.69 Å². The lowest BCUT2D eigenvalue weighted by atomic mass is 10.0. The Labute approximate surface area is 276 Å². The molecule has 0 radical (unpaired) electrons. The third-order valence-corrected chi connectivity index (χ3v) is 14.1. The number of ketones is 1. The number of imide groups is 1. The minimum Gasteiger partial charge on any atom is -0.293 e. The van der Waals surface area contributed by atoms with Gasteiger partial charge in [-0.25, -0.2) is 9.88 Å². The first kappa shape index (κ1) is 27.7. The van der Waals surface area contributed by atoms with Crippen LogP contribution in [0.3, 0.4) is 0 Å². The molecule has 0 saturated heterocycles. The van der Waals surface area contributed by atoms with Crippen molar-refractivity contribution in [3.8, 4) is 11.1 Å². The number of carbonyl (C=O) groups is 3. The zero-order chi connectivity index (χ0) is 28.6. The van der Waals surface area contributed by atoms with Crippen molar-refractivity contribution in [2.75, 3.05) is 10.7 Å². The van der Waals surface area contributed by atoms with Crippen LogP contribution in [-0.2, 0) is 6.42 Å². The lowest BCUT2D eigenvalue weighted by Gasteiger charge is -2.13. The standard InChI is InChI=1S/C30H14Br4N2O3S2/c31-24-22-23(25(32)27(34)26(24)33)29(39)36(28(22)38)16-6-8-19-21(11-16)41-30(35-19)40-12-20(37)14-5-7-18-15(10-14)9-13-3-1-2-4-17(13)18/h1-8,10-11H,9,12H2. The van der Waals surface area contributed by atoms with Gasteiger partial charge in [0.1, 0.15) is 0 Å². The summed E-state index contributed by atoms with van der Waals surface area (Å²) in [6.45, 7) is 0. The Kier molecular flexibility index (Phi) is 7.11. The third kappa shape index (κ3) is 4.51. The number of hydrogen-bond donors (Lipinski definition) is 0. The van der Waals surface area contributed by atoms with Gasteiger partial charge in [-0.1, -0.05) is 48.2 Å². The first-order valence-electron chi connectivity index (χ1n) is 12.3. The Balaban J connectivity index is 1.10. The summed E-state index contributed by atoms with van der Waals surface area (Å²) < 4.78 is 3.89. The highest BCUT2D eigenvalue weighted by Crippen LogP contribution is 2.46. The second-order valence-corrected chi connectivity index (χ2v) is 14.9. The molecule has 0 fully saturated rings. The van der Waals surface area contributed by atoms with Gasteiger partial charge >= 0.3 is 0 Å². The van der Waals surface area contributed by atoms with Crippen LogP contribution in [0.2, 0.25) is 0 Å². The average Bonchev–Trinajstić information content (AvgIpc) is 3.63. The van der Waals surface area contributed by atoms with Crippen LogP contribution in [0.1, 0.15) is 42.2 Å². The van der Waals surface area contributed by atoms with Gasteiger partial charge in [0.2, 0.25) is 0 Å². The highest BCUT2D eigenvalue weighted by atomic mass is 79.9. The first-order valence-corrected chi connectivity index (χ1v) is 17.2. The average molecular weight is 834 g/mol. The van der Waals surface area contributed by atoms with E-state index in [1.807, 2.05) is 30.3 Å². The lowest BCUT2D eigenvalue weighted by Crippen LogP contribution is -2.29. The quantitative estimate of drug-likeness (QED) is 0.0570. The number of thiazole rings is 1. The van der Waals surface area contributed by atoms with Gasteiger partial charge in [-0.15, -0.1) is 11.3 Å². The van der Waals surface area contributed by atoms with Crippen LogP contribution >= 0.6 is 86.8 Å². The van der Waals surface area contributed by atoms with Crippen LogP contribution in [0.5, 0.6) is 0 Å². The second-order valence-electron chi connectivity index (χ2n) is 9.50. The molecule has 0 N–H and O–H groups in total. The molecule has 0 spiro atoms. The van der Waals surface area contributed by atoms with Crippen molar-refractivity contribution in [1.82, 2.24) is 4.98 Å². The maximum atomic E-state index is 13.4. The summed E-state index contributed by atoms with van der Waals surface area (Å²) in [7, 11) is 0. The summed E-state index contributed by atoms with van der Waals surface area (Å²) >= 11 is 16.7. The fourth-order valence-electron chi connectivity index (χ4n) is 5.21. The van der Waals surface area contributed by atoms with Gasteiger partial charge in [-0.2, -0.15) is 0 Å². The van der Waals surface area contributed by atoms with Gasteiger partial charge in [0.25, 0.3) is 11.8 Å². The first-order chi connectivity index (χ1) is 19.7. The second kappa shape index (κ2) is 10.5. The van der Waals surface area contributed by atoms with E-state index >= 15 is 0 Å². The zero-order valence-electron chi connectivity index (χ0n) is 20.6. The molecule has 0 atom stereocenters. The van der Waals surface area contributed by atoms with Crippen molar-refractivity contribution < 1.29 is 14.4 Å². The van der Waals surface area contributed by atoms with Gasteiger partial charge in [0, 0.05) is 23.5 Å². The van der Waals surface area contributed by atoms with Gasteiger partial charge in [-0.3, -0.25) is 14.4 Å². The molecular formula is C30H14Br4N2O3S2. The van der Waals surface area contributed by atoms with E-state index in [0.29, 0.717) is 40.3 Å². The van der Waals surface area contributed by atoms with Crippen molar-refractivity contribution in [2.45, 2.75) is 10.8 Å². The van der Waals surface area contributed by atoms with E-state index in [2.05, 4.69) is 80.8 Å². The Morgan fingerprint density at radius 3 is 2.24 bits per heavy atom. The minimum absolute atomic E-state index is 0.0493. The van der Waals surface area contributed by atoms with E-state index in [1.165, 1.54) is 50.3 Å². The number of rotatable bonds is 5. The Bertz CT molecular complexity index is 1960. The van der Waals surface area contributed by atoms with Crippen molar-refractivity contribution >= 4 is 120 Å². The number of Topliss-reactive ketones (excluding diaryl/α,β-unsaturated/α-hetero) is 1. The van der Waals surface area contributed by atoms with Gasteiger partial charge in [-0.05, 0) is 117 Å². The Morgan fingerprint density at radius 2 is 1.51 bits per heavy atom. The Morgan fingerprint density at radius 1 is 0.829 bits per heavy atom. The van der Waals surface area contributed by atoms with Crippen molar-refractivity contribution in [3.63, 3.8) is 0 Å². The smallest absolute Gasteiger partial charge is 0.267 e. The molecule has 2 heterocycles. The molecule has 5 nitrogen and oxygen atoms in total. The molecule has 11 heteroatoms. The van der Waals surface area contributed by atoms with E-state index in [0.717, 1.165) is 21.0 Å². The molecule has 41 heavy (non-hydrogen) atoms. The number of carbonyl (C=O) groups excluding carboxylic acids is 3. The molecule has 0 bridgehead atoms. The normalized spacial score (nSPS) is 13.6. The Hall–Kier alpha value is -2.15. The van der Waals surface area contributed by atoms with Crippen LogP contribution in [0, 0.1) is 0 Å². The fraction of sp³-hybridized carbons (Fsp3) is 0.0667. The summed E-state index contributed by atoms with van der Waals surface area (Å²) in [6.07, 6.45) is 0.843. The number of aromatic nitrogens is 1. The molecular weight excluding hydrogens is 820 g/mol. The van der Waals surface area contributed by atoms with Gasteiger partial charge in [0.15, 0.2) is 10.1 Å². The number of anilines is 1. The monoisotopic (exact) mass is 830 g/mol. The molecule has 2 amide bonds. The lowest BCUT2D eigenvalue weighted by molar-refractivity contribution is 0.0924. The molecule has 1 aliphatic carbocycles. The summed E-state index contributed by atoms with van der Waals surface area (Å²) in [5.41, 5.74) is 7.42. The van der Waals surface area contributed by atoms with Crippen LogP contribution in [0.15, 0.2) is 82.9 Å². The molecule has 0 saturated carbocycles. The zero-order valence-corrected chi connectivity index (χ0v) is 28.6. The van der Waals surface area contributed by atoms with Gasteiger partial charge in [0.05, 0.1) is 32.8 Å². The van der Waals surface area contributed by atoms with Crippen LogP contribution in [-0.4, -0.2) is 28.3 Å². The summed E-state index contributed by atoms with van der Waals surface area (Å²) in [5.74, 6) is -0.504. The third-order valence-electron chi connectivity index (χ3n) is 7.15. The number of benzene rings is 4. The highest BCUT2D eigenvalue weighted by molar-refractivity contribution is 9.15. The number of fused-ring (bicyclic) bond motifs is 5. The van der Waals surface area contributed by atoms with E-state index in [-0.39, 0.29) is 11.5 Å². The maximum absolute atomic E-state index is 13.4.